The highest BCUT2D eigenvalue weighted by Gasteiger charge is 2.41. The quantitative estimate of drug-likeness (QED) is 0.638. The molecule has 0 heterocycles. The lowest BCUT2D eigenvalue weighted by molar-refractivity contribution is 0.0963. The van der Waals surface area contributed by atoms with E-state index in [1.54, 1.807) is 7.05 Å². The molecule has 0 unspecified atom stereocenters. The maximum Gasteiger partial charge on any atom is 0.252 e. The summed E-state index contributed by atoms with van der Waals surface area (Å²) in [5, 5.41) is 2.69. The van der Waals surface area contributed by atoms with Crippen molar-refractivity contribution in [1.82, 2.24) is 5.32 Å². The topological polar surface area (TPSA) is 29.1 Å². The molecule has 1 aromatic rings. The molecule has 1 aromatic carbocycles. The van der Waals surface area contributed by atoms with Crippen LogP contribution in [-0.2, 0) is 0 Å². The van der Waals surface area contributed by atoms with Crippen molar-refractivity contribution in [3.63, 3.8) is 0 Å². The summed E-state index contributed by atoms with van der Waals surface area (Å²) in [6.45, 7) is 13.8. The van der Waals surface area contributed by atoms with Crippen LogP contribution in [0.3, 0.4) is 0 Å². The molecule has 22 heavy (non-hydrogen) atoms. The van der Waals surface area contributed by atoms with Gasteiger partial charge in [0.1, 0.15) is 8.07 Å². The third-order valence-corrected chi connectivity index (χ3v) is 11.0. The van der Waals surface area contributed by atoms with E-state index >= 15 is 0 Å². The van der Waals surface area contributed by atoms with Crippen LogP contribution in [-0.4, -0.2) is 21.0 Å². The highest BCUT2D eigenvalue weighted by Crippen LogP contribution is 2.40. The Morgan fingerprint density at radius 1 is 1.00 bits per heavy atom. The first-order chi connectivity index (χ1) is 10.3. The van der Waals surface area contributed by atoms with Gasteiger partial charge in [-0.05, 0) is 28.8 Å². The molecule has 0 atom stereocenters. The van der Waals surface area contributed by atoms with Crippen molar-refractivity contribution in [2.24, 2.45) is 0 Å². The fourth-order valence-electron chi connectivity index (χ4n) is 3.53. The van der Waals surface area contributed by atoms with Gasteiger partial charge in [0, 0.05) is 12.6 Å². The molecule has 0 radical (unpaired) electrons. The molecule has 1 amide bonds. The normalized spacial score (nSPS) is 11.5. The fourth-order valence-corrected chi connectivity index (χ4v) is 8.75. The van der Waals surface area contributed by atoms with E-state index < -0.39 is 8.07 Å². The number of nitrogens with one attached hydrogen (secondary N) is 1. The monoisotopic (exact) mass is 315 g/mol. The van der Waals surface area contributed by atoms with E-state index in [0.717, 1.165) is 5.56 Å². The third-order valence-electron chi connectivity index (χ3n) is 4.68. The first kappa shape index (κ1) is 18.5. The standard InChI is InChI=1S/C19H29NOSi/c1-14(2)22(15(3)4,16(5)6)13-12-17-10-8-9-11-18(17)19(21)20-7/h8-11,14-16H,1-7H3,(H,20,21). The average Bonchev–Trinajstić information content (AvgIpc) is 2.46. The zero-order valence-corrected chi connectivity index (χ0v) is 15.9. The van der Waals surface area contributed by atoms with Crippen LogP contribution in [0.15, 0.2) is 24.3 Å². The molecule has 0 fully saturated rings. The predicted octanol–water partition coefficient (Wildman–Crippen LogP) is 4.62. The average molecular weight is 316 g/mol. The van der Waals surface area contributed by atoms with Crippen LogP contribution in [0.2, 0.25) is 16.6 Å². The minimum Gasteiger partial charge on any atom is -0.355 e. The van der Waals surface area contributed by atoms with Crippen LogP contribution in [0.5, 0.6) is 0 Å². The minimum atomic E-state index is -1.77. The van der Waals surface area contributed by atoms with E-state index in [2.05, 4.69) is 58.3 Å². The molecule has 2 nitrogen and oxygen atoms in total. The number of carbonyl (C=O) groups excluding carboxylic acids is 1. The Labute approximate surface area is 136 Å². The van der Waals surface area contributed by atoms with E-state index in [0.29, 0.717) is 22.2 Å². The van der Waals surface area contributed by atoms with Crippen LogP contribution >= 0.6 is 0 Å². The lowest BCUT2D eigenvalue weighted by atomic mass is 10.1. The summed E-state index contributed by atoms with van der Waals surface area (Å²) in [6.07, 6.45) is 0. The molecule has 0 saturated carbocycles. The van der Waals surface area contributed by atoms with Gasteiger partial charge in [-0.3, -0.25) is 4.79 Å². The Morgan fingerprint density at radius 2 is 1.50 bits per heavy atom. The van der Waals surface area contributed by atoms with Gasteiger partial charge in [-0.1, -0.05) is 59.6 Å². The highest BCUT2D eigenvalue weighted by molar-refractivity contribution is 6.90. The van der Waals surface area contributed by atoms with Crippen LogP contribution in [0.1, 0.15) is 57.5 Å². The van der Waals surface area contributed by atoms with E-state index in [4.69, 9.17) is 0 Å². The summed E-state index contributed by atoms with van der Waals surface area (Å²) in [5.41, 5.74) is 6.94. The van der Waals surface area contributed by atoms with Crippen molar-refractivity contribution in [2.75, 3.05) is 7.05 Å². The van der Waals surface area contributed by atoms with Crippen LogP contribution < -0.4 is 5.32 Å². The van der Waals surface area contributed by atoms with E-state index in [1.807, 2.05) is 24.3 Å². The van der Waals surface area contributed by atoms with Gasteiger partial charge in [0.25, 0.3) is 5.91 Å². The molecule has 0 spiro atoms. The number of hydrogen-bond donors (Lipinski definition) is 1. The van der Waals surface area contributed by atoms with Crippen molar-refractivity contribution >= 4 is 14.0 Å². The van der Waals surface area contributed by atoms with E-state index in [1.165, 1.54) is 0 Å². The van der Waals surface area contributed by atoms with Gasteiger partial charge >= 0.3 is 0 Å². The van der Waals surface area contributed by atoms with Gasteiger partial charge in [0.15, 0.2) is 0 Å². The zero-order chi connectivity index (χ0) is 16.9. The Morgan fingerprint density at radius 3 is 1.95 bits per heavy atom. The summed E-state index contributed by atoms with van der Waals surface area (Å²) in [5.74, 6) is 3.29. The Bertz CT molecular complexity index is 557. The lowest BCUT2D eigenvalue weighted by Crippen LogP contribution is -2.43. The summed E-state index contributed by atoms with van der Waals surface area (Å²) in [7, 11) is -0.116. The Kier molecular flexibility index (Phi) is 6.43. The third kappa shape index (κ3) is 3.62. The maximum absolute atomic E-state index is 12.0. The maximum atomic E-state index is 12.0. The molecular weight excluding hydrogens is 286 g/mol. The van der Waals surface area contributed by atoms with E-state index in [-0.39, 0.29) is 5.91 Å². The molecule has 0 aliphatic rings. The van der Waals surface area contributed by atoms with Crippen molar-refractivity contribution < 1.29 is 4.79 Å². The summed E-state index contributed by atoms with van der Waals surface area (Å²) < 4.78 is 0. The van der Waals surface area contributed by atoms with Crippen molar-refractivity contribution in [1.29, 1.82) is 0 Å². The second-order valence-corrected chi connectivity index (χ2v) is 12.4. The first-order valence-corrected chi connectivity index (χ1v) is 10.3. The molecule has 0 bridgehead atoms. The smallest absolute Gasteiger partial charge is 0.252 e. The molecular formula is C19H29NOSi. The predicted molar refractivity (Wildman–Crippen MR) is 97.8 cm³/mol. The largest absolute Gasteiger partial charge is 0.355 e. The molecule has 1 rings (SSSR count). The number of carbonyl (C=O) groups is 1. The second kappa shape index (κ2) is 7.65. The minimum absolute atomic E-state index is 0.0733. The van der Waals surface area contributed by atoms with Gasteiger partial charge in [-0.25, -0.2) is 0 Å². The second-order valence-electron chi connectivity index (χ2n) is 6.77. The van der Waals surface area contributed by atoms with Crippen LogP contribution in [0.4, 0.5) is 0 Å². The number of amides is 1. The summed E-state index contributed by atoms with van der Waals surface area (Å²) in [6, 6.07) is 7.61. The molecule has 120 valence electrons. The van der Waals surface area contributed by atoms with E-state index in [9.17, 15) is 4.79 Å². The van der Waals surface area contributed by atoms with Crippen molar-refractivity contribution in [2.45, 2.75) is 58.2 Å². The summed E-state index contributed by atoms with van der Waals surface area (Å²) in [4.78, 5) is 12.0. The van der Waals surface area contributed by atoms with Gasteiger partial charge in [0.05, 0.1) is 5.56 Å². The SMILES string of the molecule is CNC(=O)c1ccccc1C#C[Si](C(C)C)(C(C)C)C(C)C. The fraction of sp³-hybridized carbons (Fsp3) is 0.526. The Hall–Kier alpha value is -1.53. The van der Waals surface area contributed by atoms with Gasteiger partial charge in [0.2, 0.25) is 0 Å². The van der Waals surface area contributed by atoms with Gasteiger partial charge in [-0.15, -0.1) is 5.54 Å². The van der Waals surface area contributed by atoms with Crippen molar-refractivity contribution in [3.05, 3.63) is 35.4 Å². The number of rotatable bonds is 4. The molecule has 0 aliphatic carbocycles. The molecule has 3 heteroatoms. The summed E-state index contributed by atoms with van der Waals surface area (Å²) >= 11 is 0. The van der Waals surface area contributed by atoms with Crippen LogP contribution in [0.25, 0.3) is 0 Å². The van der Waals surface area contributed by atoms with Crippen LogP contribution in [0, 0.1) is 11.5 Å². The molecule has 0 aromatic heterocycles. The molecule has 1 N–H and O–H groups in total. The Balaban J connectivity index is 3.40. The van der Waals surface area contributed by atoms with Gasteiger partial charge in [-0.2, -0.15) is 0 Å². The zero-order valence-electron chi connectivity index (χ0n) is 14.9. The highest BCUT2D eigenvalue weighted by atomic mass is 28.3. The lowest BCUT2D eigenvalue weighted by Gasteiger charge is -2.38. The molecule has 0 aliphatic heterocycles. The number of benzene rings is 1. The molecule has 0 saturated heterocycles. The number of hydrogen-bond acceptors (Lipinski definition) is 1. The first-order valence-electron chi connectivity index (χ1n) is 8.11. The van der Waals surface area contributed by atoms with Gasteiger partial charge < -0.3 is 5.32 Å². The van der Waals surface area contributed by atoms with Crippen molar-refractivity contribution in [3.8, 4) is 11.5 Å².